The minimum Gasteiger partial charge on any atom is -0.507 e. The maximum absolute atomic E-state index is 12.9. The van der Waals surface area contributed by atoms with Crippen molar-refractivity contribution in [1.82, 2.24) is 0 Å². The Kier molecular flexibility index (Phi) is 13.8. The second-order valence-corrected chi connectivity index (χ2v) is 16.9. The predicted octanol–water partition coefficient (Wildman–Crippen LogP) is 8.31. The van der Waals surface area contributed by atoms with E-state index in [4.69, 9.17) is 18.9 Å². The van der Waals surface area contributed by atoms with E-state index < -0.39 is 11.8 Å². The first-order chi connectivity index (χ1) is 21.9. The number of phenolic OH excluding ortho intramolecular Hbond substituents is 2. The van der Waals surface area contributed by atoms with Gasteiger partial charge in [-0.2, -0.15) is 0 Å². The molecule has 2 N–H and O–H groups in total. The summed E-state index contributed by atoms with van der Waals surface area (Å²) in [5.41, 5.74) is 3.67. The summed E-state index contributed by atoms with van der Waals surface area (Å²) in [4.78, 5) is 25.7. The van der Waals surface area contributed by atoms with E-state index in [1.165, 1.54) is 0 Å². The van der Waals surface area contributed by atoms with E-state index in [0.29, 0.717) is 13.2 Å². The molecular formula is C40H62O8. The van der Waals surface area contributed by atoms with Gasteiger partial charge >= 0.3 is 11.9 Å². The third kappa shape index (κ3) is 11.2. The Labute approximate surface area is 289 Å². The van der Waals surface area contributed by atoms with Gasteiger partial charge in [-0.05, 0) is 68.9 Å². The number of carbonyl (C=O) groups excluding carboxylic acids is 2. The van der Waals surface area contributed by atoms with Crippen molar-refractivity contribution in [1.29, 1.82) is 0 Å². The predicted molar refractivity (Wildman–Crippen MR) is 191 cm³/mol. The van der Waals surface area contributed by atoms with Crippen molar-refractivity contribution >= 4 is 11.9 Å². The smallest absolute Gasteiger partial charge is 0.313 e. The second-order valence-electron chi connectivity index (χ2n) is 16.9. The van der Waals surface area contributed by atoms with Gasteiger partial charge in [0, 0.05) is 0 Å². The average Bonchev–Trinajstić information content (AvgIpc) is 2.94. The van der Waals surface area contributed by atoms with Crippen LogP contribution in [0.4, 0.5) is 0 Å². The number of esters is 2. The van der Waals surface area contributed by atoms with Gasteiger partial charge < -0.3 is 29.2 Å². The number of hydrogen-bond acceptors (Lipinski definition) is 8. The zero-order valence-corrected chi connectivity index (χ0v) is 32.1. The highest BCUT2D eigenvalue weighted by atomic mass is 16.6. The molecule has 0 saturated carbocycles. The number of rotatable bonds is 13. The van der Waals surface area contributed by atoms with Crippen molar-refractivity contribution in [3.8, 4) is 11.5 Å². The highest BCUT2D eigenvalue weighted by molar-refractivity contribution is 5.79. The van der Waals surface area contributed by atoms with Crippen LogP contribution in [-0.4, -0.2) is 61.8 Å². The average molecular weight is 671 g/mol. The van der Waals surface area contributed by atoms with E-state index in [0.717, 1.165) is 33.4 Å². The minimum absolute atomic E-state index is 0.111. The van der Waals surface area contributed by atoms with Crippen LogP contribution in [0.3, 0.4) is 0 Å². The van der Waals surface area contributed by atoms with Crippen molar-refractivity contribution in [2.24, 2.45) is 0 Å². The standard InChI is InChI=1S/C40H62O8/c1-25(27-21-29(37(3,4)5)33(41)30(22-27)38(6,7)8)35(43)47-19-17-45-15-16-46-18-20-48-36(44)26(2)28-23-31(39(9,10)11)34(42)32(24-28)40(12,13)14/h21-26,41-42H,15-20H2,1-14H3. The molecule has 48 heavy (non-hydrogen) atoms. The summed E-state index contributed by atoms with van der Waals surface area (Å²) in [6.07, 6.45) is 0. The molecule has 0 aromatic heterocycles. The Bertz CT molecular complexity index is 1220. The molecule has 270 valence electrons. The van der Waals surface area contributed by atoms with E-state index in [1.807, 2.05) is 121 Å². The molecule has 0 amide bonds. The van der Waals surface area contributed by atoms with E-state index in [9.17, 15) is 19.8 Å². The zero-order chi connectivity index (χ0) is 36.8. The number of carbonyl (C=O) groups is 2. The first-order valence-corrected chi connectivity index (χ1v) is 17.1. The van der Waals surface area contributed by atoms with Crippen LogP contribution in [-0.2, 0) is 50.2 Å². The van der Waals surface area contributed by atoms with Crippen LogP contribution in [0.5, 0.6) is 11.5 Å². The largest absolute Gasteiger partial charge is 0.507 e. The summed E-state index contributed by atoms with van der Waals surface area (Å²) in [5, 5.41) is 22.0. The maximum atomic E-state index is 12.9. The quantitative estimate of drug-likeness (QED) is 0.162. The molecule has 0 aliphatic rings. The molecule has 0 saturated heterocycles. The molecule has 0 radical (unpaired) electrons. The maximum Gasteiger partial charge on any atom is 0.313 e. The molecule has 0 fully saturated rings. The molecule has 8 nitrogen and oxygen atoms in total. The van der Waals surface area contributed by atoms with Crippen molar-refractivity contribution in [3.05, 3.63) is 57.6 Å². The highest BCUT2D eigenvalue weighted by Gasteiger charge is 2.30. The van der Waals surface area contributed by atoms with E-state index >= 15 is 0 Å². The molecule has 0 aliphatic heterocycles. The van der Waals surface area contributed by atoms with Crippen LogP contribution in [0, 0.1) is 0 Å². The molecule has 0 spiro atoms. The molecule has 0 heterocycles. The van der Waals surface area contributed by atoms with Gasteiger partial charge in [0.25, 0.3) is 0 Å². The number of hydrogen-bond donors (Lipinski definition) is 2. The van der Waals surface area contributed by atoms with Crippen LogP contribution in [0.1, 0.15) is 142 Å². The Morgan fingerprint density at radius 2 is 0.729 bits per heavy atom. The fraction of sp³-hybridized carbons (Fsp3) is 0.650. The molecule has 2 aromatic rings. The van der Waals surface area contributed by atoms with Crippen LogP contribution in [0.25, 0.3) is 0 Å². The van der Waals surface area contributed by atoms with Crippen LogP contribution < -0.4 is 0 Å². The lowest BCUT2D eigenvalue weighted by Gasteiger charge is -2.29. The van der Waals surface area contributed by atoms with Crippen LogP contribution in [0.15, 0.2) is 24.3 Å². The van der Waals surface area contributed by atoms with Crippen LogP contribution >= 0.6 is 0 Å². The topological polar surface area (TPSA) is 112 Å². The minimum atomic E-state index is -0.503. The lowest BCUT2D eigenvalue weighted by molar-refractivity contribution is -0.148. The fourth-order valence-corrected chi connectivity index (χ4v) is 5.35. The Hall–Kier alpha value is -3.10. The van der Waals surface area contributed by atoms with Gasteiger partial charge in [0.15, 0.2) is 0 Å². The SMILES string of the molecule is CC(C(=O)OCCOCCOCCOC(=O)C(C)c1cc(C(C)(C)C)c(O)c(C(C)(C)C)c1)c1cc(C(C)(C)C)c(O)c(C(C)(C)C)c1. The highest BCUT2D eigenvalue weighted by Crippen LogP contribution is 2.42. The molecule has 0 bridgehead atoms. The summed E-state index contributed by atoms with van der Waals surface area (Å²) >= 11 is 0. The van der Waals surface area contributed by atoms with Gasteiger partial charge in [0.1, 0.15) is 24.7 Å². The number of aromatic hydroxyl groups is 2. The number of ether oxygens (including phenoxy) is 4. The van der Waals surface area contributed by atoms with E-state index in [2.05, 4.69) is 0 Å². The summed E-state index contributed by atoms with van der Waals surface area (Å²) in [7, 11) is 0. The van der Waals surface area contributed by atoms with E-state index in [1.54, 1.807) is 0 Å². The summed E-state index contributed by atoms with van der Waals surface area (Å²) in [6, 6.07) is 7.62. The third-order valence-corrected chi connectivity index (χ3v) is 8.52. The first kappa shape index (κ1) is 41.1. The zero-order valence-electron chi connectivity index (χ0n) is 32.1. The molecule has 2 rings (SSSR count). The number of phenols is 2. The van der Waals surface area contributed by atoms with Crippen molar-refractivity contribution < 1.29 is 38.7 Å². The number of benzene rings is 2. The molecule has 8 heteroatoms. The third-order valence-electron chi connectivity index (χ3n) is 8.52. The monoisotopic (exact) mass is 670 g/mol. The molecule has 2 unspecified atom stereocenters. The normalized spacial score (nSPS) is 14.0. The molecule has 2 atom stereocenters. The Morgan fingerprint density at radius 3 is 0.958 bits per heavy atom. The molecule has 0 aliphatic carbocycles. The lowest BCUT2D eigenvalue weighted by atomic mass is 9.77. The van der Waals surface area contributed by atoms with Crippen molar-refractivity contribution in [2.45, 2.75) is 130 Å². The van der Waals surface area contributed by atoms with Crippen LogP contribution in [0.2, 0.25) is 0 Å². The Balaban J connectivity index is 1.78. The van der Waals surface area contributed by atoms with Gasteiger partial charge in [0.05, 0.1) is 38.3 Å². The summed E-state index contributed by atoms with van der Waals surface area (Å²) in [5.74, 6) is -1.16. The van der Waals surface area contributed by atoms with Gasteiger partial charge in [-0.3, -0.25) is 9.59 Å². The fourth-order valence-electron chi connectivity index (χ4n) is 5.35. The van der Waals surface area contributed by atoms with Gasteiger partial charge in [-0.25, -0.2) is 0 Å². The Morgan fingerprint density at radius 1 is 0.500 bits per heavy atom. The van der Waals surface area contributed by atoms with Gasteiger partial charge in [0.2, 0.25) is 0 Å². The van der Waals surface area contributed by atoms with E-state index in [-0.39, 0.29) is 71.5 Å². The second kappa shape index (κ2) is 16.1. The lowest BCUT2D eigenvalue weighted by Crippen LogP contribution is -2.21. The van der Waals surface area contributed by atoms with Crippen molar-refractivity contribution in [2.75, 3.05) is 39.6 Å². The van der Waals surface area contributed by atoms with Gasteiger partial charge in [-0.15, -0.1) is 0 Å². The first-order valence-electron chi connectivity index (χ1n) is 17.1. The summed E-state index contributed by atoms with van der Waals surface area (Å²) < 4.78 is 22.1. The summed E-state index contributed by atoms with van der Waals surface area (Å²) in [6.45, 7) is 29.4. The molecule has 2 aromatic carbocycles. The molecular weight excluding hydrogens is 608 g/mol. The van der Waals surface area contributed by atoms with Crippen molar-refractivity contribution in [3.63, 3.8) is 0 Å². The van der Waals surface area contributed by atoms with Gasteiger partial charge in [-0.1, -0.05) is 107 Å².